The number of esters is 1. The Balaban J connectivity index is 1.79. The Morgan fingerprint density at radius 1 is 1.28 bits per heavy atom. The van der Waals surface area contributed by atoms with Gasteiger partial charge in [0.15, 0.2) is 0 Å². The van der Waals surface area contributed by atoms with Gasteiger partial charge >= 0.3 is 5.97 Å². The van der Waals surface area contributed by atoms with Gasteiger partial charge < -0.3 is 9.15 Å². The van der Waals surface area contributed by atoms with E-state index in [1.54, 1.807) is 6.92 Å². The van der Waals surface area contributed by atoms with Crippen LogP contribution in [0.1, 0.15) is 29.0 Å². The number of hydrogen-bond donors (Lipinski definition) is 2. The van der Waals surface area contributed by atoms with Gasteiger partial charge in [-0.1, -0.05) is 12.1 Å². The number of anilines is 1. The van der Waals surface area contributed by atoms with Gasteiger partial charge in [-0.05, 0) is 19.1 Å². The first kappa shape index (κ1) is 18.8. The van der Waals surface area contributed by atoms with Crippen LogP contribution >= 0.6 is 11.3 Å². The summed E-state index contributed by atoms with van der Waals surface area (Å²) in [6.45, 7) is 1.61. The summed E-state index contributed by atoms with van der Waals surface area (Å²) in [4.78, 5) is 40.8. The Kier molecular flexibility index (Phi) is 4.85. The van der Waals surface area contributed by atoms with Crippen molar-refractivity contribution in [1.29, 1.82) is 0 Å². The molecule has 0 saturated heterocycles. The minimum Gasteiger partial charge on any atom is -0.465 e. The Morgan fingerprint density at radius 2 is 2.07 bits per heavy atom. The van der Waals surface area contributed by atoms with Gasteiger partial charge in [-0.3, -0.25) is 14.9 Å². The second-order valence-corrected chi connectivity index (χ2v) is 7.29. The van der Waals surface area contributed by atoms with Crippen molar-refractivity contribution in [3.05, 3.63) is 35.6 Å². The van der Waals surface area contributed by atoms with Crippen molar-refractivity contribution >= 4 is 50.9 Å². The number of benzene rings is 1. The zero-order valence-electron chi connectivity index (χ0n) is 15.6. The first-order chi connectivity index (χ1) is 14.0. The van der Waals surface area contributed by atoms with Gasteiger partial charge in [0.1, 0.15) is 22.0 Å². The minimum absolute atomic E-state index is 0.0755. The van der Waals surface area contributed by atoms with Gasteiger partial charge in [0.2, 0.25) is 11.8 Å². The number of hydrogen-bond acceptors (Lipinski definition) is 8. The number of ether oxygens (including phenoxy) is 1. The number of rotatable bonds is 4. The monoisotopic (exact) mass is 412 g/mol. The van der Waals surface area contributed by atoms with E-state index in [4.69, 9.17) is 9.15 Å². The highest BCUT2D eigenvalue weighted by Gasteiger charge is 2.30. The molecule has 2 N–H and O–H groups in total. The van der Waals surface area contributed by atoms with E-state index >= 15 is 0 Å². The number of furan rings is 1. The number of para-hydroxylation sites is 1. The number of hydrazone groups is 1. The Hall–Kier alpha value is -3.53. The molecule has 2 amide bonds. The molecule has 0 saturated carbocycles. The summed E-state index contributed by atoms with van der Waals surface area (Å²) >= 11 is 1.37. The van der Waals surface area contributed by atoms with Gasteiger partial charge in [-0.15, -0.1) is 11.3 Å². The summed E-state index contributed by atoms with van der Waals surface area (Å²) in [7, 11) is 1.27. The minimum atomic E-state index is -0.594. The quantitative estimate of drug-likeness (QED) is 0.635. The van der Waals surface area contributed by atoms with E-state index in [1.165, 1.54) is 18.4 Å². The maximum atomic E-state index is 12.6. The average Bonchev–Trinajstić information content (AvgIpc) is 3.28. The molecular weight excluding hydrogens is 396 g/mol. The standard InChI is InChI=1S/C19H16N4O5S/c1-9-14(19(26)27-2)15(18-20-10-5-3-4-6-12(10)29-18)17(28-9)21-16(25)11-7-8-13(24)23-22-11/h3-6H,7-8H2,1-2H3,(H,21,25)(H,23,24). The molecule has 3 aromatic rings. The lowest BCUT2D eigenvalue weighted by Gasteiger charge is -2.11. The lowest BCUT2D eigenvalue weighted by Crippen LogP contribution is -2.32. The van der Waals surface area contributed by atoms with Crippen LogP contribution in [0.3, 0.4) is 0 Å². The molecular formula is C19H16N4O5S. The molecule has 0 radical (unpaired) electrons. The number of nitrogens with one attached hydrogen (secondary N) is 2. The Morgan fingerprint density at radius 3 is 2.76 bits per heavy atom. The van der Waals surface area contributed by atoms with E-state index in [9.17, 15) is 14.4 Å². The molecule has 0 atom stereocenters. The largest absolute Gasteiger partial charge is 0.465 e. The summed E-state index contributed by atoms with van der Waals surface area (Å²) in [6.07, 6.45) is 0.374. The zero-order valence-corrected chi connectivity index (χ0v) is 16.4. The smallest absolute Gasteiger partial charge is 0.342 e. The van der Waals surface area contributed by atoms with Crippen LogP contribution in [0.4, 0.5) is 5.88 Å². The third-order valence-corrected chi connectivity index (χ3v) is 5.43. The van der Waals surface area contributed by atoms with Gasteiger partial charge in [-0.25, -0.2) is 15.2 Å². The van der Waals surface area contributed by atoms with Gasteiger partial charge in [0.25, 0.3) is 5.91 Å². The first-order valence-electron chi connectivity index (χ1n) is 8.72. The molecule has 0 aliphatic carbocycles. The molecule has 0 bridgehead atoms. The fourth-order valence-corrected chi connectivity index (χ4v) is 3.99. The third kappa shape index (κ3) is 3.49. The molecule has 2 aromatic heterocycles. The molecule has 1 aromatic carbocycles. The van der Waals surface area contributed by atoms with Crippen LogP contribution in [-0.4, -0.2) is 35.6 Å². The second-order valence-electron chi connectivity index (χ2n) is 6.26. The number of carbonyl (C=O) groups excluding carboxylic acids is 3. The summed E-state index contributed by atoms with van der Waals surface area (Å²) in [5, 5.41) is 6.94. The predicted molar refractivity (Wildman–Crippen MR) is 107 cm³/mol. The van der Waals surface area contributed by atoms with Crippen LogP contribution < -0.4 is 10.7 Å². The summed E-state index contributed by atoms with van der Waals surface area (Å²) in [5.41, 5.74) is 3.75. The van der Waals surface area contributed by atoms with Crippen LogP contribution in [-0.2, 0) is 14.3 Å². The number of aromatic nitrogens is 1. The van der Waals surface area contributed by atoms with Crippen LogP contribution in [0.25, 0.3) is 20.8 Å². The lowest BCUT2D eigenvalue weighted by molar-refractivity contribution is -0.121. The Labute approximate surface area is 168 Å². The maximum Gasteiger partial charge on any atom is 0.342 e. The molecule has 0 unspecified atom stereocenters. The fraction of sp³-hybridized carbons (Fsp3) is 0.211. The highest BCUT2D eigenvalue weighted by molar-refractivity contribution is 7.21. The van der Waals surface area contributed by atoms with Gasteiger partial charge in [-0.2, -0.15) is 5.10 Å². The van der Waals surface area contributed by atoms with E-state index in [2.05, 4.69) is 20.8 Å². The molecule has 1 aliphatic heterocycles. The summed E-state index contributed by atoms with van der Waals surface area (Å²) < 4.78 is 11.5. The number of nitrogens with zero attached hydrogens (tertiary/aromatic N) is 2. The van der Waals surface area contributed by atoms with E-state index in [-0.39, 0.29) is 35.9 Å². The molecule has 10 heteroatoms. The van der Waals surface area contributed by atoms with Gasteiger partial charge in [0, 0.05) is 12.8 Å². The van der Waals surface area contributed by atoms with Crippen molar-refractivity contribution in [2.24, 2.45) is 5.10 Å². The molecule has 29 heavy (non-hydrogen) atoms. The zero-order chi connectivity index (χ0) is 20.5. The molecule has 0 fully saturated rings. The molecule has 9 nitrogen and oxygen atoms in total. The van der Waals surface area contributed by atoms with E-state index in [1.807, 2.05) is 24.3 Å². The fourth-order valence-electron chi connectivity index (χ4n) is 2.98. The number of methoxy groups -OCH3 is 1. The van der Waals surface area contributed by atoms with Crippen LogP contribution in [0.2, 0.25) is 0 Å². The van der Waals surface area contributed by atoms with Crippen LogP contribution in [0, 0.1) is 6.92 Å². The van der Waals surface area contributed by atoms with Crippen molar-refractivity contribution in [1.82, 2.24) is 10.4 Å². The van der Waals surface area contributed by atoms with E-state index in [0.29, 0.717) is 16.3 Å². The van der Waals surface area contributed by atoms with E-state index in [0.717, 1.165) is 10.2 Å². The summed E-state index contributed by atoms with van der Waals surface area (Å²) in [5.74, 6) is -1.01. The number of aryl methyl sites for hydroxylation is 1. The first-order valence-corrected chi connectivity index (χ1v) is 9.54. The molecule has 4 rings (SSSR count). The van der Waals surface area contributed by atoms with E-state index < -0.39 is 11.9 Å². The molecule has 3 heterocycles. The van der Waals surface area contributed by atoms with Crippen molar-refractivity contribution in [3.63, 3.8) is 0 Å². The number of carbonyl (C=O) groups is 3. The lowest BCUT2D eigenvalue weighted by atomic mass is 10.1. The second kappa shape index (κ2) is 7.47. The van der Waals surface area contributed by atoms with Crippen molar-refractivity contribution in [2.45, 2.75) is 19.8 Å². The highest BCUT2D eigenvalue weighted by Crippen LogP contribution is 2.40. The predicted octanol–water partition coefficient (Wildman–Crippen LogP) is 2.86. The topological polar surface area (TPSA) is 123 Å². The molecule has 148 valence electrons. The number of amides is 2. The molecule has 1 aliphatic rings. The van der Waals surface area contributed by atoms with Gasteiger partial charge in [0.05, 0.1) is 22.9 Å². The summed E-state index contributed by atoms with van der Waals surface area (Å²) in [6, 6.07) is 7.53. The number of fused-ring (bicyclic) bond motifs is 1. The van der Waals surface area contributed by atoms with Crippen molar-refractivity contribution in [2.75, 3.05) is 12.4 Å². The highest BCUT2D eigenvalue weighted by atomic mass is 32.1. The van der Waals surface area contributed by atoms with Crippen molar-refractivity contribution in [3.8, 4) is 10.6 Å². The van der Waals surface area contributed by atoms with Crippen LogP contribution in [0.15, 0.2) is 33.8 Å². The normalized spacial score (nSPS) is 13.7. The third-order valence-electron chi connectivity index (χ3n) is 4.38. The molecule has 0 spiro atoms. The number of thiazole rings is 1. The van der Waals surface area contributed by atoms with Crippen molar-refractivity contribution < 1.29 is 23.5 Å². The SMILES string of the molecule is COC(=O)c1c(C)oc(NC(=O)C2=NNC(=O)CC2)c1-c1nc2ccccc2s1. The van der Waals surface area contributed by atoms with Crippen LogP contribution in [0.5, 0.6) is 0 Å². The maximum absolute atomic E-state index is 12.6. The Bertz CT molecular complexity index is 1140. The average molecular weight is 412 g/mol.